The zero-order chi connectivity index (χ0) is 41.1. The minimum atomic E-state index is -5.66. The topological polar surface area (TPSA) is 343 Å². The van der Waals surface area contributed by atoms with Crippen LogP contribution in [0, 0.1) is 0 Å². The number of hydrogen-bond acceptors (Lipinski definition) is 21. The van der Waals surface area contributed by atoms with E-state index in [-0.39, 0.29) is 12.7 Å². The molecule has 308 valence electrons. The van der Waals surface area contributed by atoms with Crippen LogP contribution in [0.1, 0.15) is 58.3 Å². The highest BCUT2D eigenvalue weighted by Crippen LogP contribution is 2.38. The normalized spacial score (nSPS) is 12.6. The van der Waals surface area contributed by atoms with Gasteiger partial charge in [0.1, 0.15) is 31.7 Å². The fourth-order valence-electron chi connectivity index (χ4n) is 5.23. The van der Waals surface area contributed by atoms with Crippen LogP contribution in [0.5, 0.6) is 11.5 Å². The predicted octanol–water partition coefficient (Wildman–Crippen LogP) is -6.58. The Morgan fingerprint density at radius 1 is 0.630 bits per heavy atom. The van der Waals surface area contributed by atoms with Crippen LogP contribution in [-0.4, -0.2) is 142 Å². The van der Waals surface area contributed by atoms with Crippen LogP contribution in [0.2, 0.25) is 0 Å². The van der Waals surface area contributed by atoms with Gasteiger partial charge in [-0.25, -0.2) is 16.8 Å². The van der Waals surface area contributed by atoms with Crippen molar-refractivity contribution in [3.63, 3.8) is 0 Å². The molecule has 0 saturated carbocycles. The second-order valence-electron chi connectivity index (χ2n) is 12.2. The third kappa shape index (κ3) is 19.8. The van der Waals surface area contributed by atoms with Gasteiger partial charge < -0.3 is 68.1 Å². The quantitative estimate of drug-likeness (QED) is 0.0497. The molecule has 1 aromatic carbocycles. The first-order valence-electron chi connectivity index (χ1n) is 16.7. The highest BCUT2D eigenvalue weighted by Gasteiger charge is 2.27. The SMILES string of the molecule is CCCCCCCCCCOc1cc(S(=O)(=O)[O-])cc(S(=O)(=O)[O-])c1OCC(CN(CCN(CC(=O)[O-])CC(=O)[O-])CC(=O)[O-])N(CC(=O)[O-])CC(=O)[O-]. The Morgan fingerprint density at radius 2 is 1.09 bits per heavy atom. The molecule has 0 radical (unpaired) electrons. The van der Waals surface area contributed by atoms with Gasteiger partial charge in [-0.1, -0.05) is 51.9 Å². The van der Waals surface area contributed by atoms with Crippen molar-refractivity contribution in [3.05, 3.63) is 12.1 Å². The lowest BCUT2D eigenvalue weighted by Gasteiger charge is -2.37. The number of benzene rings is 1. The molecule has 0 aliphatic rings. The number of carbonyl (C=O) groups excluding carboxylic acids is 5. The van der Waals surface area contributed by atoms with E-state index in [1.807, 2.05) is 0 Å². The number of aliphatic carboxylic acids is 5. The summed E-state index contributed by atoms with van der Waals surface area (Å²) in [5.74, 6) is -10.5. The van der Waals surface area contributed by atoms with Crippen LogP contribution in [0.25, 0.3) is 0 Å². The van der Waals surface area contributed by atoms with Gasteiger partial charge in [0.05, 0.1) is 47.4 Å². The maximum Gasteiger partial charge on any atom is 0.178 e. The van der Waals surface area contributed by atoms with Gasteiger partial charge in [0, 0.05) is 58.4 Å². The van der Waals surface area contributed by atoms with Crippen molar-refractivity contribution in [1.29, 1.82) is 0 Å². The van der Waals surface area contributed by atoms with Crippen LogP contribution in [-0.2, 0) is 44.2 Å². The van der Waals surface area contributed by atoms with E-state index >= 15 is 0 Å². The lowest BCUT2D eigenvalue weighted by Crippen LogP contribution is -2.56. The molecule has 0 N–H and O–H groups in total. The molecule has 1 aromatic rings. The molecule has 0 bridgehead atoms. The van der Waals surface area contributed by atoms with Crippen LogP contribution >= 0.6 is 0 Å². The summed E-state index contributed by atoms with van der Waals surface area (Å²) in [6.45, 7) is -5.99. The van der Waals surface area contributed by atoms with Crippen molar-refractivity contribution in [2.24, 2.45) is 0 Å². The average molecular weight is 809 g/mol. The Bertz CT molecular complexity index is 1610. The Hall–Kier alpha value is -4.13. The molecule has 0 aliphatic carbocycles. The van der Waals surface area contributed by atoms with E-state index < -0.39 is 136 Å². The summed E-state index contributed by atoms with van der Waals surface area (Å²) < 4.78 is 83.8. The van der Waals surface area contributed by atoms with Gasteiger partial charge in [-0.15, -0.1) is 0 Å². The van der Waals surface area contributed by atoms with E-state index in [1.165, 1.54) is 0 Å². The molecule has 0 spiro atoms. The summed E-state index contributed by atoms with van der Waals surface area (Å²) >= 11 is 0. The Morgan fingerprint density at radius 3 is 1.56 bits per heavy atom. The monoisotopic (exact) mass is 808 g/mol. The van der Waals surface area contributed by atoms with Gasteiger partial charge in [0.2, 0.25) is 0 Å². The minimum absolute atomic E-state index is 0.190. The Balaban J connectivity index is 3.61. The zero-order valence-corrected chi connectivity index (χ0v) is 31.1. The molecule has 0 heterocycles. The Kier molecular flexibility index (Phi) is 20.9. The third-order valence-corrected chi connectivity index (χ3v) is 9.32. The van der Waals surface area contributed by atoms with Gasteiger partial charge >= 0.3 is 0 Å². The summed E-state index contributed by atoms with van der Waals surface area (Å²) in [6.07, 6.45) is 6.85. The highest BCUT2D eigenvalue weighted by molar-refractivity contribution is 7.86. The fourth-order valence-corrected chi connectivity index (χ4v) is 6.47. The third-order valence-electron chi connectivity index (χ3n) is 7.67. The van der Waals surface area contributed by atoms with Crippen LogP contribution < -0.4 is 35.0 Å². The summed E-state index contributed by atoms with van der Waals surface area (Å²) in [5.41, 5.74) is 0. The van der Waals surface area contributed by atoms with E-state index in [4.69, 9.17) is 9.47 Å². The second-order valence-corrected chi connectivity index (χ2v) is 14.9. The number of carbonyl (C=O) groups is 5. The van der Waals surface area contributed by atoms with E-state index in [0.29, 0.717) is 23.8 Å². The number of unbranched alkanes of at least 4 members (excludes halogenated alkanes) is 7. The molecule has 0 fully saturated rings. The number of carboxylic acid groups (broad SMARTS) is 5. The first-order chi connectivity index (χ1) is 25.1. The molecule has 1 rings (SSSR count). The Labute approximate surface area is 312 Å². The number of rotatable bonds is 31. The van der Waals surface area contributed by atoms with Crippen molar-refractivity contribution in [3.8, 4) is 11.5 Å². The fraction of sp³-hybridized carbons (Fsp3) is 0.645. The second kappa shape index (κ2) is 23.6. The molecule has 1 atom stereocenters. The van der Waals surface area contributed by atoms with E-state index in [9.17, 15) is 75.4 Å². The molecule has 0 saturated heterocycles. The molecule has 23 heteroatoms. The first-order valence-corrected chi connectivity index (χ1v) is 19.5. The molecular weight excluding hydrogens is 766 g/mol. The van der Waals surface area contributed by atoms with Crippen LogP contribution in [0.3, 0.4) is 0 Å². The molecule has 0 aliphatic heterocycles. The lowest BCUT2D eigenvalue weighted by atomic mass is 10.1. The van der Waals surface area contributed by atoms with E-state index in [1.54, 1.807) is 0 Å². The van der Waals surface area contributed by atoms with Crippen molar-refractivity contribution in [2.75, 3.05) is 65.6 Å². The van der Waals surface area contributed by atoms with Gasteiger partial charge in [0.15, 0.2) is 11.5 Å². The van der Waals surface area contributed by atoms with Crippen molar-refractivity contribution in [1.82, 2.24) is 14.7 Å². The maximum atomic E-state index is 12.3. The van der Waals surface area contributed by atoms with Gasteiger partial charge in [-0.2, -0.15) is 0 Å². The number of ether oxygens (including phenoxy) is 2. The molecule has 0 amide bonds. The minimum Gasteiger partial charge on any atom is -0.744 e. The van der Waals surface area contributed by atoms with E-state index in [2.05, 4.69) is 6.92 Å². The molecule has 54 heavy (non-hydrogen) atoms. The predicted molar refractivity (Wildman–Crippen MR) is 169 cm³/mol. The number of nitrogens with zero attached hydrogens (tertiary/aromatic N) is 3. The summed E-state index contributed by atoms with van der Waals surface area (Å²) in [7, 11) is -11.1. The van der Waals surface area contributed by atoms with Gasteiger partial charge in [-0.3, -0.25) is 14.7 Å². The standard InChI is InChI=1S/C31H49N3O18S2/c1-2-3-4-5-6-7-8-9-12-51-24-13-23(53(45,46)47)14-25(54(48,49)50)31(24)52-21-22(34(19-29(41)42)20-30(43)44)15-32(16-26(35)36)10-11-33(17-27(37)38)18-28(39)40/h13-14,22H,2-12,15-21H2,1H3,(H,35,36)(H,37,38)(H,39,40)(H,41,42)(H,43,44)(H,45,46,47)(H,48,49,50)/p-7. The zero-order valence-electron chi connectivity index (χ0n) is 29.5. The average Bonchev–Trinajstić information content (AvgIpc) is 3.02. The van der Waals surface area contributed by atoms with Crippen LogP contribution in [0.4, 0.5) is 0 Å². The first kappa shape index (κ1) is 47.9. The molecular formula is C31H42N3O18S2-7. The van der Waals surface area contributed by atoms with Crippen LogP contribution in [0.15, 0.2) is 21.9 Å². The summed E-state index contributed by atoms with van der Waals surface area (Å²) in [4.78, 5) is 56.8. The van der Waals surface area contributed by atoms with Crippen molar-refractivity contribution < 1.29 is 84.9 Å². The molecule has 1 unspecified atom stereocenters. The summed E-state index contributed by atoms with van der Waals surface area (Å²) in [6, 6.07) is -0.789. The smallest absolute Gasteiger partial charge is 0.178 e. The largest absolute Gasteiger partial charge is 0.744 e. The molecule has 0 aromatic heterocycles. The maximum absolute atomic E-state index is 12.3. The van der Waals surface area contributed by atoms with Crippen molar-refractivity contribution in [2.45, 2.75) is 74.1 Å². The van der Waals surface area contributed by atoms with Gasteiger partial charge in [0.25, 0.3) is 0 Å². The van der Waals surface area contributed by atoms with Crippen molar-refractivity contribution >= 4 is 50.1 Å². The highest BCUT2D eigenvalue weighted by atomic mass is 32.2. The number of carboxylic acids is 5. The summed E-state index contributed by atoms with van der Waals surface area (Å²) in [5, 5.41) is 57.0. The molecule has 21 nitrogen and oxygen atoms in total. The number of hydrogen-bond donors (Lipinski definition) is 0. The lowest BCUT2D eigenvalue weighted by molar-refractivity contribution is -0.313. The van der Waals surface area contributed by atoms with E-state index in [0.717, 1.165) is 48.3 Å². The van der Waals surface area contributed by atoms with Gasteiger partial charge in [-0.05, 0) is 12.5 Å².